The fraction of sp³-hybridized carbons (Fsp3) is 0.143. The Balaban J connectivity index is 2.82. The molecular weight excluding hydrogens is 162 g/mol. The van der Waals surface area contributed by atoms with Gasteiger partial charge in [-0.05, 0) is 24.6 Å². The number of rotatable bonds is 0. The van der Waals surface area contributed by atoms with E-state index in [1.54, 1.807) is 6.20 Å². The van der Waals surface area contributed by atoms with Crippen molar-refractivity contribution < 1.29 is 0 Å². The number of pyridine rings is 1. The van der Waals surface area contributed by atoms with E-state index in [2.05, 4.69) is 15.0 Å². The number of halogens is 1. The number of hydrogen-bond donors (Lipinski definition) is 1. The lowest BCUT2D eigenvalue weighted by Gasteiger charge is -1.88. The fourth-order valence-corrected chi connectivity index (χ4v) is 1.17. The summed E-state index contributed by atoms with van der Waals surface area (Å²) in [5.74, 6) is 0. The molecule has 0 atom stereocenters. The number of aryl methyl sites for hydroxylation is 1. The van der Waals surface area contributed by atoms with Gasteiger partial charge in [-0.3, -0.25) is 4.98 Å². The van der Waals surface area contributed by atoms with Gasteiger partial charge < -0.3 is 4.98 Å². The molecule has 0 aliphatic heterocycles. The summed E-state index contributed by atoms with van der Waals surface area (Å²) in [6.45, 7) is 1.92. The van der Waals surface area contributed by atoms with Gasteiger partial charge in [-0.25, -0.2) is 4.98 Å². The predicted molar refractivity (Wildman–Crippen MR) is 43.6 cm³/mol. The van der Waals surface area contributed by atoms with Crippen LogP contribution in [0.2, 0.25) is 5.28 Å². The molecule has 11 heavy (non-hydrogen) atoms. The summed E-state index contributed by atoms with van der Waals surface area (Å²) in [6.07, 6.45) is 1.73. The van der Waals surface area contributed by atoms with Crippen LogP contribution in [0.1, 0.15) is 5.69 Å². The van der Waals surface area contributed by atoms with Crippen LogP contribution in [0, 0.1) is 6.92 Å². The Morgan fingerprint density at radius 1 is 1.55 bits per heavy atom. The second-order valence-electron chi connectivity index (χ2n) is 2.37. The van der Waals surface area contributed by atoms with Gasteiger partial charge in [0, 0.05) is 5.69 Å². The van der Waals surface area contributed by atoms with E-state index in [9.17, 15) is 0 Å². The largest absolute Gasteiger partial charge is 0.327 e. The minimum atomic E-state index is 0.410. The third kappa shape index (κ3) is 1.07. The summed E-state index contributed by atoms with van der Waals surface area (Å²) in [5.41, 5.74) is 2.68. The van der Waals surface area contributed by atoms with Gasteiger partial charge in [0.05, 0.1) is 17.2 Å². The van der Waals surface area contributed by atoms with Crippen molar-refractivity contribution in [2.75, 3.05) is 0 Å². The molecule has 2 rings (SSSR count). The highest BCUT2D eigenvalue weighted by molar-refractivity contribution is 6.29. The summed E-state index contributed by atoms with van der Waals surface area (Å²) in [6, 6.07) is 1.89. The van der Waals surface area contributed by atoms with E-state index in [0.29, 0.717) is 5.28 Å². The Labute approximate surface area is 68.4 Å². The zero-order chi connectivity index (χ0) is 7.84. The molecule has 0 saturated heterocycles. The molecule has 4 heteroatoms. The van der Waals surface area contributed by atoms with E-state index in [-0.39, 0.29) is 0 Å². The van der Waals surface area contributed by atoms with Gasteiger partial charge in [-0.2, -0.15) is 0 Å². The molecule has 0 aliphatic rings. The third-order valence-electron chi connectivity index (χ3n) is 1.48. The molecule has 1 N–H and O–H groups in total. The van der Waals surface area contributed by atoms with Crippen LogP contribution in [0.15, 0.2) is 12.3 Å². The molecule has 0 aliphatic carbocycles. The maximum absolute atomic E-state index is 5.64. The maximum Gasteiger partial charge on any atom is 0.201 e. The number of nitrogens with zero attached hydrogens (tertiary/aromatic N) is 2. The zero-order valence-electron chi connectivity index (χ0n) is 5.93. The van der Waals surface area contributed by atoms with Crippen molar-refractivity contribution in [1.29, 1.82) is 0 Å². The number of aromatic nitrogens is 3. The highest BCUT2D eigenvalue weighted by atomic mass is 35.5. The van der Waals surface area contributed by atoms with Crippen molar-refractivity contribution in [3.63, 3.8) is 0 Å². The summed E-state index contributed by atoms with van der Waals surface area (Å²) < 4.78 is 0. The quantitative estimate of drug-likeness (QED) is 0.652. The Hall–Kier alpha value is -1.09. The summed E-state index contributed by atoms with van der Waals surface area (Å²) >= 11 is 5.64. The number of aromatic amines is 1. The number of hydrogen-bond acceptors (Lipinski definition) is 2. The molecule has 0 unspecified atom stereocenters. The lowest BCUT2D eigenvalue weighted by molar-refractivity contribution is 1.22. The molecule has 0 bridgehead atoms. The molecule has 0 spiro atoms. The predicted octanol–water partition coefficient (Wildman–Crippen LogP) is 1.92. The summed E-state index contributed by atoms with van der Waals surface area (Å²) in [5, 5.41) is 0.410. The van der Waals surface area contributed by atoms with Crippen LogP contribution >= 0.6 is 11.6 Å². The molecule has 0 fully saturated rings. The smallest absolute Gasteiger partial charge is 0.201 e. The zero-order valence-corrected chi connectivity index (χ0v) is 6.68. The lowest BCUT2D eigenvalue weighted by atomic mass is 10.3. The fourth-order valence-electron chi connectivity index (χ4n) is 0.979. The van der Waals surface area contributed by atoms with Crippen molar-refractivity contribution in [2.24, 2.45) is 0 Å². The van der Waals surface area contributed by atoms with Crippen LogP contribution in [0.5, 0.6) is 0 Å². The molecular formula is C7H6ClN3. The first kappa shape index (κ1) is 6.61. The number of imidazole rings is 1. The van der Waals surface area contributed by atoms with Crippen LogP contribution < -0.4 is 0 Å². The second-order valence-corrected chi connectivity index (χ2v) is 2.73. The van der Waals surface area contributed by atoms with Gasteiger partial charge in [0.1, 0.15) is 0 Å². The average Bonchev–Trinajstić information content (AvgIpc) is 2.27. The summed E-state index contributed by atoms with van der Waals surface area (Å²) in [7, 11) is 0. The van der Waals surface area contributed by atoms with Gasteiger partial charge in [0.25, 0.3) is 0 Å². The molecule has 3 nitrogen and oxygen atoms in total. The normalized spacial score (nSPS) is 10.7. The second kappa shape index (κ2) is 2.20. The standard InChI is InChI=1S/C7H6ClN3/c1-4-2-5-6(3-9-4)11-7(8)10-5/h2-3H,1H3,(H,10,11). The molecule has 0 amide bonds. The van der Waals surface area contributed by atoms with Gasteiger partial charge >= 0.3 is 0 Å². The molecule has 56 valence electrons. The van der Waals surface area contributed by atoms with E-state index in [1.807, 2.05) is 13.0 Å². The Kier molecular flexibility index (Phi) is 1.32. The van der Waals surface area contributed by atoms with Crippen LogP contribution in [0.3, 0.4) is 0 Å². The first-order valence-corrected chi connectivity index (χ1v) is 3.61. The van der Waals surface area contributed by atoms with Crippen LogP contribution in [0.25, 0.3) is 11.0 Å². The van der Waals surface area contributed by atoms with E-state index < -0.39 is 0 Å². The third-order valence-corrected chi connectivity index (χ3v) is 1.65. The lowest BCUT2D eigenvalue weighted by Crippen LogP contribution is -1.78. The Morgan fingerprint density at radius 2 is 2.36 bits per heavy atom. The van der Waals surface area contributed by atoms with Crippen LogP contribution in [-0.4, -0.2) is 15.0 Å². The van der Waals surface area contributed by atoms with Gasteiger partial charge in [-0.1, -0.05) is 0 Å². The number of nitrogens with one attached hydrogen (secondary N) is 1. The minimum Gasteiger partial charge on any atom is -0.327 e. The van der Waals surface area contributed by atoms with Crippen LogP contribution in [0.4, 0.5) is 0 Å². The average molecular weight is 168 g/mol. The van der Waals surface area contributed by atoms with E-state index in [0.717, 1.165) is 16.7 Å². The summed E-state index contributed by atoms with van der Waals surface area (Å²) in [4.78, 5) is 11.0. The Morgan fingerprint density at radius 3 is 3.18 bits per heavy atom. The van der Waals surface area contributed by atoms with E-state index in [4.69, 9.17) is 11.6 Å². The van der Waals surface area contributed by atoms with Crippen molar-refractivity contribution in [2.45, 2.75) is 6.92 Å². The highest BCUT2D eigenvalue weighted by Crippen LogP contribution is 2.13. The number of H-pyrrole nitrogens is 1. The first-order chi connectivity index (χ1) is 5.25. The van der Waals surface area contributed by atoms with Crippen molar-refractivity contribution >= 4 is 22.6 Å². The van der Waals surface area contributed by atoms with Gasteiger partial charge in [0.2, 0.25) is 5.28 Å². The van der Waals surface area contributed by atoms with E-state index >= 15 is 0 Å². The molecule has 0 aromatic carbocycles. The topological polar surface area (TPSA) is 41.6 Å². The highest BCUT2D eigenvalue weighted by Gasteiger charge is 1.99. The van der Waals surface area contributed by atoms with Gasteiger partial charge in [-0.15, -0.1) is 0 Å². The van der Waals surface area contributed by atoms with Crippen molar-refractivity contribution in [3.05, 3.63) is 23.2 Å². The van der Waals surface area contributed by atoms with Gasteiger partial charge in [0.15, 0.2) is 0 Å². The van der Waals surface area contributed by atoms with Crippen molar-refractivity contribution in [3.8, 4) is 0 Å². The molecule has 2 heterocycles. The molecule has 0 saturated carbocycles. The minimum absolute atomic E-state index is 0.410. The molecule has 2 aromatic heterocycles. The Bertz CT molecular complexity index is 393. The van der Waals surface area contributed by atoms with Crippen molar-refractivity contribution in [1.82, 2.24) is 15.0 Å². The first-order valence-electron chi connectivity index (χ1n) is 3.23. The SMILES string of the molecule is Cc1cc2nc(Cl)[nH]c2cn1. The molecule has 2 aromatic rings. The maximum atomic E-state index is 5.64. The molecule has 0 radical (unpaired) electrons. The van der Waals surface area contributed by atoms with Crippen LogP contribution in [-0.2, 0) is 0 Å². The number of fused-ring (bicyclic) bond motifs is 1. The van der Waals surface area contributed by atoms with E-state index in [1.165, 1.54) is 0 Å². The monoisotopic (exact) mass is 167 g/mol.